The van der Waals surface area contributed by atoms with Gasteiger partial charge in [-0.1, -0.05) is 6.07 Å². The van der Waals surface area contributed by atoms with E-state index in [4.69, 9.17) is 4.74 Å². The van der Waals surface area contributed by atoms with Crippen LogP contribution in [-0.4, -0.2) is 64.6 Å². The molecule has 0 spiro atoms. The van der Waals surface area contributed by atoms with Crippen molar-refractivity contribution in [1.29, 1.82) is 0 Å². The van der Waals surface area contributed by atoms with Gasteiger partial charge in [0.25, 0.3) is 5.56 Å². The Morgan fingerprint density at radius 2 is 1.96 bits per heavy atom. The lowest BCUT2D eigenvalue weighted by molar-refractivity contribution is -0.138. The fourth-order valence-corrected chi connectivity index (χ4v) is 3.92. The van der Waals surface area contributed by atoms with Crippen molar-refractivity contribution in [2.24, 2.45) is 5.92 Å². The lowest BCUT2D eigenvalue weighted by Crippen LogP contribution is -2.43. The van der Waals surface area contributed by atoms with Gasteiger partial charge in [0.15, 0.2) is 0 Å². The molecule has 0 bridgehead atoms. The second-order valence-electron chi connectivity index (χ2n) is 7.20. The third-order valence-electron chi connectivity index (χ3n) is 5.48. The zero-order valence-corrected chi connectivity index (χ0v) is 14.2. The number of ether oxygens (including phenoxy) is 1. The van der Waals surface area contributed by atoms with Crippen molar-refractivity contribution < 1.29 is 14.3 Å². The van der Waals surface area contributed by atoms with Gasteiger partial charge >= 0.3 is 0 Å². The molecule has 0 saturated carbocycles. The summed E-state index contributed by atoms with van der Waals surface area (Å²) in [5.74, 6) is 0.428. The third kappa shape index (κ3) is 3.33. The number of likely N-dealkylation sites (tertiary alicyclic amines) is 2. The van der Waals surface area contributed by atoms with E-state index in [1.807, 2.05) is 4.90 Å². The van der Waals surface area contributed by atoms with Gasteiger partial charge in [-0.15, -0.1) is 0 Å². The van der Waals surface area contributed by atoms with Crippen LogP contribution in [0, 0.1) is 5.92 Å². The molecule has 134 valence electrons. The van der Waals surface area contributed by atoms with E-state index in [2.05, 4.69) is 0 Å². The number of pyridine rings is 1. The molecule has 1 aromatic heterocycles. The van der Waals surface area contributed by atoms with Gasteiger partial charge in [-0.3, -0.25) is 14.4 Å². The molecule has 3 atom stereocenters. The normalized spacial score (nSPS) is 27.9. The summed E-state index contributed by atoms with van der Waals surface area (Å²) >= 11 is 0. The number of nitrogens with zero attached hydrogens (tertiary/aromatic N) is 3. The maximum Gasteiger partial charge on any atom is 0.250 e. The largest absolute Gasteiger partial charge is 0.372 e. The Balaban J connectivity index is 1.28. The Morgan fingerprint density at radius 1 is 1.12 bits per heavy atom. The fourth-order valence-electron chi connectivity index (χ4n) is 3.92. The first-order valence-corrected chi connectivity index (χ1v) is 8.96. The average molecular weight is 345 g/mol. The van der Waals surface area contributed by atoms with Crippen molar-refractivity contribution >= 4 is 11.8 Å². The smallest absolute Gasteiger partial charge is 0.250 e. The first kappa shape index (κ1) is 16.3. The summed E-state index contributed by atoms with van der Waals surface area (Å²) in [6.45, 7) is 3.02. The molecular weight excluding hydrogens is 322 g/mol. The topological polar surface area (TPSA) is 71.8 Å². The van der Waals surface area contributed by atoms with Crippen molar-refractivity contribution in [2.45, 2.75) is 38.0 Å². The van der Waals surface area contributed by atoms with Crippen molar-refractivity contribution in [3.8, 4) is 0 Å². The van der Waals surface area contributed by atoms with Crippen LogP contribution in [0.1, 0.15) is 19.3 Å². The van der Waals surface area contributed by atoms with Crippen LogP contribution >= 0.6 is 0 Å². The minimum Gasteiger partial charge on any atom is -0.372 e. The molecule has 3 fully saturated rings. The molecule has 1 aromatic rings. The second kappa shape index (κ2) is 6.63. The van der Waals surface area contributed by atoms with Crippen molar-refractivity contribution in [2.75, 3.05) is 26.2 Å². The molecule has 0 unspecified atom stereocenters. The Hall–Kier alpha value is -2.15. The number of fused-ring (bicyclic) bond motifs is 1. The van der Waals surface area contributed by atoms with Crippen LogP contribution in [0.5, 0.6) is 0 Å². The molecule has 3 aliphatic rings. The maximum atomic E-state index is 12.4. The number of hydrogen-bond donors (Lipinski definition) is 0. The highest BCUT2D eigenvalue weighted by molar-refractivity contribution is 5.77. The van der Waals surface area contributed by atoms with Gasteiger partial charge in [-0.25, -0.2) is 0 Å². The van der Waals surface area contributed by atoms with Crippen molar-refractivity contribution in [1.82, 2.24) is 14.4 Å². The monoisotopic (exact) mass is 345 g/mol. The van der Waals surface area contributed by atoms with Crippen LogP contribution in [0.4, 0.5) is 0 Å². The van der Waals surface area contributed by atoms with Gasteiger partial charge < -0.3 is 19.1 Å². The molecule has 25 heavy (non-hydrogen) atoms. The molecule has 0 aliphatic carbocycles. The van der Waals surface area contributed by atoms with Gasteiger partial charge in [-0.2, -0.15) is 0 Å². The molecule has 3 saturated heterocycles. The number of rotatable bonds is 4. The van der Waals surface area contributed by atoms with E-state index in [-0.39, 0.29) is 36.1 Å². The van der Waals surface area contributed by atoms with E-state index < -0.39 is 0 Å². The molecular formula is C18H23N3O4. The number of hydrogen-bond acceptors (Lipinski definition) is 4. The predicted octanol–water partition coefficient (Wildman–Crippen LogP) is 0.0866. The summed E-state index contributed by atoms with van der Waals surface area (Å²) in [5, 5.41) is 0. The first-order chi connectivity index (χ1) is 12.1. The summed E-state index contributed by atoms with van der Waals surface area (Å²) in [5.41, 5.74) is -0.170. The van der Waals surface area contributed by atoms with E-state index in [1.54, 1.807) is 23.2 Å². The highest BCUT2D eigenvalue weighted by Crippen LogP contribution is 2.34. The van der Waals surface area contributed by atoms with E-state index in [1.165, 1.54) is 10.6 Å². The standard InChI is InChI=1S/C18H23N3O4/c22-16-4-1-2-5-20(16)12-18(24)21-10-13-8-14(25-15(13)11-21)9-17(23)19-6-3-7-19/h1-2,4-5,13-15H,3,6-12H2/t13-,14-,15+/m0/s1. The minimum atomic E-state index is -0.170. The maximum absolute atomic E-state index is 12.4. The highest BCUT2D eigenvalue weighted by Gasteiger charge is 2.44. The van der Waals surface area contributed by atoms with Gasteiger partial charge in [0.2, 0.25) is 11.8 Å². The summed E-state index contributed by atoms with van der Waals surface area (Å²) in [6.07, 6.45) is 4.03. The molecule has 0 N–H and O–H groups in total. The summed E-state index contributed by atoms with van der Waals surface area (Å²) in [4.78, 5) is 39.9. The Kier molecular flexibility index (Phi) is 4.33. The number of aromatic nitrogens is 1. The van der Waals surface area contributed by atoms with Crippen LogP contribution in [-0.2, 0) is 20.9 Å². The lowest BCUT2D eigenvalue weighted by atomic mass is 10.0. The molecule has 0 aromatic carbocycles. The van der Waals surface area contributed by atoms with Crippen LogP contribution in [0.3, 0.4) is 0 Å². The molecule has 3 aliphatic heterocycles. The zero-order valence-electron chi connectivity index (χ0n) is 14.2. The minimum absolute atomic E-state index is 0.0166. The van der Waals surface area contributed by atoms with E-state index in [0.29, 0.717) is 25.4 Å². The molecule has 4 rings (SSSR count). The van der Waals surface area contributed by atoms with Gasteiger partial charge in [0.1, 0.15) is 6.54 Å². The van der Waals surface area contributed by atoms with Gasteiger partial charge in [0, 0.05) is 44.4 Å². The number of amides is 2. The van der Waals surface area contributed by atoms with Crippen molar-refractivity contribution in [3.05, 3.63) is 34.7 Å². The number of carbonyl (C=O) groups excluding carboxylic acids is 2. The Morgan fingerprint density at radius 3 is 2.64 bits per heavy atom. The quantitative estimate of drug-likeness (QED) is 0.775. The number of carbonyl (C=O) groups is 2. The molecule has 7 nitrogen and oxygen atoms in total. The predicted molar refractivity (Wildman–Crippen MR) is 89.9 cm³/mol. The Labute approximate surface area is 146 Å². The van der Waals surface area contributed by atoms with Crippen molar-refractivity contribution in [3.63, 3.8) is 0 Å². The Bertz CT molecular complexity index is 713. The molecule has 7 heteroatoms. The summed E-state index contributed by atoms with van der Waals surface area (Å²) in [7, 11) is 0. The van der Waals surface area contributed by atoms with Crippen LogP contribution < -0.4 is 5.56 Å². The fraction of sp³-hybridized carbons (Fsp3) is 0.611. The van der Waals surface area contributed by atoms with Crippen LogP contribution in [0.25, 0.3) is 0 Å². The highest BCUT2D eigenvalue weighted by atomic mass is 16.5. The van der Waals surface area contributed by atoms with Gasteiger partial charge in [0.05, 0.1) is 18.6 Å². The van der Waals surface area contributed by atoms with Crippen LogP contribution in [0.2, 0.25) is 0 Å². The molecule has 2 amide bonds. The molecule has 4 heterocycles. The van der Waals surface area contributed by atoms with E-state index >= 15 is 0 Å². The second-order valence-corrected chi connectivity index (χ2v) is 7.20. The SMILES string of the molecule is O=C(C[C@@H]1C[C@H]2CN(C(=O)Cn3ccccc3=O)C[C@H]2O1)N1CCC1. The van der Waals surface area contributed by atoms with E-state index in [9.17, 15) is 14.4 Å². The van der Waals surface area contributed by atoms with Crippen LogP contribution in [0.15, 0.2) is 29.2 Å². The lowest BCUT2D eigenvalue weighted by Gasteiger charge is -2.31. The third-order valence-corrected chi connectivity index (χ3v) is 5.48. The average Bonchev–Trinajstić information content (AvgIpc) is 3.06. The summed E-state index contributed by atoms with van der Waals surface area (Å²) < 4.78 is 7.44. The van der Waals surface area contributed by atoms with Gasteiger partial charge in [-0.05, 0) is 18.9 Å². The van der Waals surface area contributed by atoms with E-state index in [0.717, 1.165) is 25.9 Å². The zero-order chi connectivity index (χ0) is 17.4. The first-order valence-electron chi connectivity index (χ1n) is 8.96. The summed E-state index contributed by atoms with van der Waals surface area (Å²) in [6, 6.07) is 4.87. The molecule has 0 radical (unpaired) electrons.